The van der Waals surface area contributed by atoms with Crippen LogP contribution in [0, 0.1) is 0 Å². The van der Waals surface area contributed by atoms with Gasteiger partial charge in [0.15, 0.2) is 0 Å². The monoisotopic (exact) mass is 287 g/mol. The lowest BCUT2D eigenvalue weighted by atomic mass is 10.1. The molecule has 1 fully saturated rings. The minimum absolute atomic E-state index is 0.239. The zero-order chi connectivity index (χ0) is 14.8. The molecule has 110 valence electrons. The minimum atomic E-state index is -0.927. The summed E-state index contributed by atoms with van der Waals surface area (Å²) < 4.78 is 5.44. The highest BCUT2D eigenvalue weighted by atomic mass is 16.5. The molecule has 3 rings (SSSR count). The SMILES string of the molecule is O=C(O)[C@H]1CCCN1C(=O)/C=C/c1ccc2c(c1)CCO2. The normalized spacial score (nSPS) is 20.6. The van der Waals surface area contributed by atoms with E-state index in [0.717, 1.165) is 29.7 Å². The summed E-state index contributed by atoms with van der Waals surface area (Å²) >= 11 is 0. The lowest BCUT2D eigenvalue weighted by molar-refractivity contribution is -0.146. The van der Waals surface area contributed by atoms with Gasteiger partial charge >= 0.3 is 5.97 Å². The molecule has 21 heavy (non-hydrogen) atoms. The predicted molar refractivity (Wildman–Crippen MR) is 77.0 cm³/mol. The second kappa shape index (κ2) is 5.60. The largest absolute Gasteiger partial charge is 0.493 e. The van der Waals surface area contributed by atoms with Crippen molar-refractivity contribution in [2.75, 3.05) is 13.2 Å². The minimum Gasteiger partial charge on any atom is -0.493 e. The van der Waals surface area contributed by atoms with Crippen LogP contribution in [0.3, 0.4) is 0 Å². The van der Waals surface area contributed by atoms with Gasteiger partial charge < -0.3 is 14.7 Å². The number of amides is 1. The van der Waals surface area contributed by atoms with E-state index in [1.807, 2.05) is 18.2 Å². The molecule has 0 bridgehead atoms. The van der Waals surface area contributed by atoms with Crippen LogP contribution in [0.25, 0.3) is 6.08 Å². The van der Waals surface area contributed by atoms with Crippen molar-refractivity contribution < 1.29 is 19.4 Å². The molecule has 1 aromatic carbocycles. The summed E-state index contributed by atoms with van der Waals surface area (Å²) in [5.41, 5.74) is 2.08. The number of carboxylic acid groups (broad SMARTS) is 1. The number of ether oxygens (including phenoxy) is 1. The van der Waals surface area contributed by atoms with Crippen molar-refractivity contribution in [3.63, 3.8) is 0 Å². The van der Waals surface area contributed by atoms with E-state index >= 15 is 0 Å². The Hall–Kier alpha value is -2.30. The summed E-state index contributed by atoms with van der Waals surface area (Å²) in [7, 11) is 0. The van der Waals surface area contributed by atoms with Crippen LogP contribution in [0.4, 0.5) is 0 Å². The van der Waals surface area contributed by atoms with Gasteiger partial charge in [-0.2, -0.15) is 0 Å². The van der Waals surface area contributed by atoms with Gasteiger partial charge in [-0.3, -0.25) is 4.79 Å². The molecular formula is C16H17NO4. The first-order valence-corrected chi connectivity index (χ1v) is 7.12. The maximum absolute atomic E-state index is 12.1. The molecule has 1 atom stereocenters. The zero-order valence-electron chi connectivity index (χ0n) is 11.6. The summed E-state index contributed by atoms with van der Waals surface area (Å²) in [6.07, 6.45) is 5.35. The Balaban J connectivity index is 1.71. The Morgan fingerprint density at radius 1 is 1.38 bits per heavy atom. The number of benzene rings is 1. The fraction of sp³-hybridized carbons (Fsp3) is 0.375. The average molecular weight is 287 g/mol. The van der Waals surface area contributed by atoms with E-state index in [1.54, 1.807) is 6.08 Å². The van der Waals surface area contributed by atoms with E-state index in [1.165, 1.54) is 11.0 Å². The fourth-order valence-electron chi connectivity index (χ4n) is 2.86. The zero-order valence-corrected chi connectivity index (χ0v) is 11.6. The molecule has 0 spiro atoms. The molecule has 1 saturated heterocycles. The van der Waals surface area contributed by atoms with Gasteiger partial charge in [0.1, 0.15) is 11.8 Å². The Morgan fingerprint density at radius 3 is 3.05 bits per heavy atom. The summed E-state index contributed by atoms with van der Waals surface area (Å²) in [5, 5.41) is 9.09. The van der Waals surface area contributed by atoms with Crippen molar-refractivity contribution >= 4 is 18.0 Å². The molecule has 2 heterocycles. The van der Waals surface area contributed by atoms with Gasteiger partial charge in [-0.15, -0.1) is 0 Å². The van der Waals surface area contributed by atoms with Crippen molar-refractivity contribution in [3.05, 3.63) is 35.4 Å². The quantitative estimate of drug-likeness (QED) is 0.859. The van der Waals surface area contributed by atoms with E-state index in [4.69, 9.17) is 9.84 Å². The third-order valence-corrected chi connectivity index (χ3v) is 3.95. The van der Waals surface area contributed by atoms with Crippen molar-refractivity contribution in [2.24, 2.45) is 0 Å². The highest BCUT2D eigenvalue weighted by Gasteiger charge is 2.32. The number of carbonyl (C=O) groups excluding carboxylic acids is 1. The molecular weight excluding hydrogens is 270 g/mol. The number of aliphatic carboxylic acids is 1. The molecule has 2 aliphatic heterocycles. The number of carbonyl (C=O) groups is 2. The lowest BCUT2D eigenvalue weighted by Crippen LogP contribution is -2.39. The van der Waals surface area contributed by atoms with Crippen LogP contribution in [-0.4, -0.2) is 41.1 Å². The summed E-state index contributed by atoms with van der Waals surface area (Å²) in [4.78, 5) is 24.6. The standard InChI is InChI=1S/C16H17NO4/c18-15(17-8-1-2-13(17)16(19)20)6-4-11-3-5-14-12(10-11)7-9-21-14/h3-6,10,13H,1-2,7-9H2,(H,19,20)/b6-4+/t13-/m1/s1. The molecule has 1 N–H and O–H groups in total. The van der Waals surface area contributed by atoms with Crippen LogP contribution in [0.15, 0.2) is 24.3 Å². The van der Waals surface area contributed by atoms with Gasteiger partial charge in [0.25, 0.3) is 0 Å². The maximum Gasteiger partial charge on any atom is 0.326 e. The van der Waals surface area contributed by atoms with Crippen molar-refractivity contribution in [2.45, 2.75) is 25.3 Å². The van der Waals surface area contributed by atoms with Crippen molar-refractivity contribution in [1.29, 1.82) is 0 Å². The summed E-state index contributed by atoms with van der Waals surface area (Å²) in [6, 6.07) is 5.12. The predicted octanol–water partition coefficient (Wildman–Crippen LogP) is 1.71. The smallest absolute Gasteiger partial charge is 0.326 e. The van der Waals surface area contributed by atoms with Crippen LogP contribution in [-0.2, 0) is 16.0 Å². The second-order valence-electron chi connectivity index (χ2n) is 5.33. The first kappa shape index (κ1) is 13.7. The van der Waals surface area contributed by atoms with Gasteiger partial charge in [-0.05, 0) is 42.2 Å². The number of nitrogens with zero attached hydrogens (tertiary/aromatic N) is 1. The Bertz CT molecular complexity index is 608. The highest BCUT2D eigenvalue weighted by Crippen LogP contribution is 2.26. The topological polar surface area (TPSA) is 66.8 Å². The summed E-state index contributed by atoms with van der Waals surface area (Å²) in [5.74, 6) is -0.260. The third kappa shape index (κ3) is 2.77. The first-order chi connectivity index (χ1) is 10.1. The molecule has 0 unspecified atom stereocenters. The van der Waals surface area contributed by atoms with E-state index in [0.29, 0.717) is 19.6 Å². The van der Waals surface area contributed by atoms with E-state index in [9.17, 15) is 9.59 Å². The molecule has 0 aromatic heterocycles. The molecule has 0 saturated carbocycles. The van der Waals surface area contributed by atoms with E-state index in [-0.39, 0.29) is 5.91 Å². The molecule has 1 aromatic rings. The number of hydrogen-bond acceptors (Lipinski definition) is 3. The number of likely N-dealkylation sites (tertiary alicyclic amines) is 1. The maximum atomic E-state index is 12.1. The van der Waals surface area contributed by atoms with Crippen molar-refractivity contribution in [3.8, 4) is 5.75 Å². The third-order valence-electron chi connectivity index (χ3n) is 3.95. The van der Waals surface area contributed by atoms with E-state index < -0.39 is 12.0 Å². The highest BCUT2D eigenvalue weighted by molar-refractivity contribution is 5.94. The van der Waals surface area contributed by atoms with Gasteiger partial charge in [0.2, 0.25) is 5.91 Å². The molecule has 0 radical (unpaired) electrons. The van der Waals surface area contributed by atoms with Gasteiger partial charge in [0, 0.05) is 19.0 Å². The number of rotatable bonds is 3. The van der Waals surface area contributed by atoms with Crippen LogP contribution < -0.4 is 4.74 Å². The molecule has 5 heteroatoms. The van der Waals surface area contributed by atoms with Crippen LogP contribution in [0.5, 0.6) is 5.75 Å². The average Bonchev–Trinajstić information content (AvgIpc) is 3.12. The Labute approximate surface area is 122 Å². The molecule has 0 aliphatic carbocycles. The Kier molecular flexibility index (Phi) is 3.64. The van der Waals surface area contributed by atoms with E-state index in [2.05, 4.69) is 0 Å². The fourth-order valence-corrected chi connectivity index (χ4v) is 2.86. The Morgan fingerprint density at radius 2 is 2.24 bits per heavy atom. The molecule has 2 aliphatic rings. The number of hydrogen-bond donors (Lipinski definition) is 1. The van der Waals surface area contributed by atoms with Gasteiger partial charge in [-0.1, -0.05) is 6.07 Å². The first-order valence-electron chi connectivity index (χ1n) is 7.12. The number of fused-ring (bicyclic) bond motifs is 1. The lowest BCUT2D eigenvalue weighted by Gasteiger charge is -2.19. The van der Waals surface area contributed by atoms with Gasteiger partial charge in [0.05, 0.1) is 6.61 Å². The van der Waals surface area contributed by atoms with Crippen LogP contribution in [0.2, 0.25) is 0 Å². The van der Waals surface area contributed by atoms with Crippen LogP contribution in [0.1, 0.15) is 24.0 Å². The second-order valence-corrected chi connectivity index (χ2v) is 5.33. The summed E-state index contributed by atoms with van der Waals surface area (Å²) in [6.45, 7) is 1.22. The van der Waals surface area contributed by atoms with Crippen molar-refractivity contribution in [1.82, 2.24) is 4.90 Å². The van der Waals surface area contributed by atoms with Crippen LogP contribution >= 0.6 is 0 Å². The number of carboxylic acids is 1. The van der Waals surface area contributed by atoms with Gasteiger partial charge in [-0.25, -0.2) is 4.79 Å². The molecule has 1 amide bonds. The molecule has 5 nitrogen and oxygen atoms in total.